The number of nitrogens with one attached hydrogen (secondary N) is 1. The first kappa shape index (κ1) is 20.8. The molecular weight excluding hydrogens is 410 g/mol. The van der Waals surface area contributed by atoms with Gasteiger partial charge in [-0.1, -0.05) is 85.8 Å². The number of hydrogen-bond acceptors (Lipinski definition) is 5. The van der Waals surface area contributed by atoms with Crippen molar-refractivity contribution in [2.24, 2.45) is 0 Å². The Bertz CT molecular complexity index is 1310. The van der Waals surface area contributed by atoms with Crippen LogP contribution in [0, 0.1) is 0 Å². The molecule has 0 saturated carbocycles. The van der Waals surface area contributed by atoms with Crippen LogP contribution in [0.25, 0.3) is 22.5 Å². The third kappa shape index (κ3) is 4.72. The Morgan fingerprint density at radius 2 is 1.55 bits per heavy atom. The molecule has 0 amide bonds. The molecule has 1 N–H and O–H groups in total. The van der Waals surface area contributed by atoms with Gasteiger partial charge in [-0.05, 0) is 39.1 Å². The van der Waals surface area contributed by atoms with Gasteiger partial charge >= 0.3 is 0 Å². The van der Waals surface area contributed by atoms with Crippen LogP contribution in [-0.4, -0.2) is 35.4 Å². The van der Waals surface area contributed by atoms with Crippen molar-refractivity contribution in [1.82, 2.24) is 35.4 Å². The maximum Gasteiger partial charge on any atom is 0.180 e. The smallest absolute Gasteiger partial charge is 0.180 e. The third-order valence-electron chi connectivity index (χ3n) is 5.71. The fourth-order valence-electron chi connectivity index (χ4n) is 4.00. The summed E-state index contributed by atoms with van der Waals surface area (Å²) in [5.41, 5.74) is 5.67. The van der Waals surface area contributed by atoms with E-state index in [0.29, 0.717) is 12.4 Å². The van der Waals surface area contributed by atoms with Gasteiger partial charge in [-0.2, -0.15) is 5.10 Å². The Hall–Kier alpha value is -4.13. The normalized spacial score (nSPS) is 11.1. The summed E-state index contributed by atoms with van der Waals surface area (Å²) in [4.78, 5) is 4.77. The van der Waals surface area contributed by atoms with Crippen LogP contribution in [-0.2, 0) is 25.8 Å². The van der Waals surface area contributed by atoms with Gasteiger partial charge in [0.15, 0.2) is 11.6 Å². The van der Waals surface area contributed by atoms with Crippen molar-refractivity contribution in [3.8, 4) is 22.5 Å². The average Bonchev–Trinajstić information content (AvgIpc) is 3.54. The van der Waals surface area contributed by atoms with E-state index in [0.717, 1.165) is 47.6 Å². The molecule has 7 nitrogen and oxygen atoms in total. The Kier molecular flexibility index (Phi) is 6.01. The first-order valence-corrected chi connectivity index (χ1v) is 11.2. The van der Waals surface area contributed by atoms with Gasteiger partial charge in [0, 0.05) is 18.4 Å². The predicted molar refractivity (Wildman–Crippen MR) is 127 cm³/mol. The Morgan fingerprint density at radius 3 is 2.27 bits per heavy atom. The van der Waals surface area contributed by atoms with Gasteiger partial charge in [0.05, 0.1) is 6.54 Å². The molecule has 0 fully saturated rings. The second kappa shape index (κ2) is 9.56. The van der Waals surface area contributed by atoms with Gasteiger partial charge < -0.3 is 0 Å². The third-order valence-corrected chi connectivity index (χ3v) is 5.71. The molecular formula is C26H25N7. The highest BCUT2D eigenvalue weighted by Crippen LogP contribution is 2.29. The molecule has 3 aromatic carbocycles. The number of aromatic nitrogens is 7. The zero-order chi connectivity index (χ0) is 22.5. The second-order valence-electron chi connectivity index (χ2n) is 7.93. The maximum absolute atomic E-state index is 4.80. The summed E-state index contributed by atoms with van der Waals surface area (Å²) in [6.07, 6.45) is 2.65. The van der Waals surface area contributed by atoms with Gasteiger partial charge in [0.2, 0.25) is 0 Å². The molecule has 0 aliphatic carbocycles. The molecule has 0 spiro atoms. The molecule has 0 aliphatic heterocycles. The van der Waals surface area contributed by atoms with E-state index in [1.807, 2.05) is 28.9 Å². The number of tetrazole rings is 1. The van der Waals surface area contributed by atoms with Crippen LogP contribution in [0.5, 0.6) is 0 Å². The topological polar surface area (TPSA) is 85.2 Å². The lowest BCUT2D eigenvalue weighted by atomic mass is 9.98. The van der Waals surface area contributed by atoms with Crippen molar-refractivity contribution in [3.05, 3.63) is 102 Å². The number of benzene rings is 3. The molecule has 5 rings (SSSR count). The lowest BCUT2D eigenvalue weighted by Gasteiger charge is -2.09. The second-order valence-corrected chi connectivity index (χ2v) is 7.93. The molecule has 0 bridgehead atoms. The first-order valence-electron chi connectivity index (χ1n) is 11.2. The molecule has 164 valence electrons. The van der Waals surface area contributed by atoms with E-state index in [4.69, 9.17) is 10.1 Å². The number of aryl methyl sites for hydroxylation is 3. The summed E-state index contributed by atoms with van der Waals surface area (Å²) in [6, 6.07) is 27.2. The zero-order valence-corrected chi connectivity index (χ0v) is 18.5. The number of rotatable bonds is 8. The summed E-state index contributed by atoms with van der Waals surface area (Å²) < 4.78 is 2.03. The number of aromatic amines is 1. The van der Waals surface area contributed by atoms with Crippen LogP contribution in [0.15, 0.2) is 78.9 Å². The Labute approximate surface area is 192 Å². The van der Waals surface area contributed by atoms with Gasteiger partial charge in [-0.25, -0.2) is 14.8 Å². The highest BCUT2D eigenvalue weighted by Gasteiger charge is 2.12. The van der Waals surface area contributed by atoms with Crippen molar-refractivity contribution >= 4 is 0 Å². The van der Waals surface area contributed by atoms with Gasteiger partial charge in [-0.15, -0.1) is 5.10 Å². The number of nitrogens with zero attached hydrogens (tertiary/aromatic N) is 6. The summed E-state index contributed by atoms with van der Waals surface area (Å²) >= 11 is 0. The fourth-order valence-corrected chi connectivity index (χ4v) is 4.00. The van der Waals surface area contributed by atoms with E-state index in [1.165, 1.54) is 11.1 Å². The number of H-pyrrole nitrogens is 1. The molecule has 7 heteroatoms. The van der Waals surface area contributed by atoms with E-state index in [1.54, 1.807) is 0 Å². The van der Waals surface area contributed by atoms with Gasteiger partial charge in [0.1, 0.15) is 5.82 Å². The Morgan fingerprint density at radius 1 is 0.788 bits per heavy atom. The highest BCUT2D eigenvalue weighted by molar-refractivity contribution is 5.80. The lowest BCUT2D eigenvalue weighted by molar-refractivity contribution is 0.635. The van der Waals surface area contributed by atoms with Crippen LogP contribution >= 0.6 is 0 Å². The van der Waals surface area contributed by atoms with E-state index in [2.05, 4.69) is 82.1 Å². The molecule has 2 heterocycles. The Balaban J connectivity index is 1.32. The molecule has 5 aromatic rings. The standard InChI is InChI=1S/C26H25N7/c1-2-25-27-24(17-14-19-8-4-3-5-9-19)30-33(25)18-20-12-15-21(16-13-20)22-10-6-7-11-23(22)26-28-31-32-29-26/h3-13,15-16H,2,14,17-18H2,1H3,(H,28,29,31,32). The SMILES string of the molecule is CCc1nc(CCc2ccccc2)nn1Cc1ccc(-c2ccccc2-c2nnn[nH]2)cc1. The van der Waals surface area contributed by atoms with Crippen molar-refractivity contribution < 1.29 is 0 Å². The van der Waals surface area contributed by atoms with Crippen LogP contribution in [0.2, 0.25) is 0 Å². The van der Waals surface area contributed by atoms with Crippen molar-refractivity contribution in [3.63, 3.8) is 0 Å². The minimum atomic E-state index is 0.660. The first-order chi connectivity index (χ1) is 16.3. The molecule has 0 atom stereocenters. The van der Waals surface area contributed by atoms with E-state index < -0.39 is 0 Å². The van der Waals surface area contributed by atoms with E-state index in [9.17, 15) is 0 Å². The summed E-state index contributed by atoms with van der Waals surface area (Å²) in [5, 5.41) is 19.1. The lowest BCUT2D eigenvalue weighted by Crippen LogP contribution is -2.06. The molecule has 0 aliphatic rings. The summed E-state index contributed by atoms with van der Waals surface area (Å²) in [5.74, 6) is 2.58. The van der Waals surface area contributed by atoms with Gasteiger partial charge in [0.25, 0.3) is 0 Å². The van der Waals surface area contributed by atoms with Crippen LogP contribution < -0.4 is 0 Å². The molecule has 33 heavy (non-hydrogen) atoms. The summed E-state index contributed by atoms with van der Waals surface area (Å²) in [7, 11) is 0. The van der Waals surface area contributed by atoms with Crippen molar-refractivity contribution in [2.45, 2.75) is 32.7 Å². The molecule has 0 radical (unpaired) electrons. The highest BCUT2D eigenvalue weighted by atomic mass is 15.5. The quantitative estimate of drug-likeness (QED) is 0.387. The average molecular weight is 436 g/mol. The van der Waals surface area contributed by atoms with E-state index in [-0.39, 0.29) is 0 Å². The number of hydrogen-bond donors (Lipinski definition) is 1. The van der Waals surface area contributed by atoms with Crippen LogP contribution in [0.4, 0.5) is 0 Å². The van der Waals surface area contributed by atoms with Crippen molar-refractivity contribution in [2.75, 3.05) is 0 Å². The monoisotopic (exact) mass is 435 g/mol. The minimum Gasteiger partial charge on any atom is -0.245 e. The van der Waals surface area contributed by atoms with Crippen LogP contribution in [0.3, 0.4) is 0 Å². The van der Waals surface area contributed by atoms with Crippen LogP contribution in [0.1, 0.15) is 29.7 Å². The fraction of sp³-hybridized carbons (Fsp3) is 0.192. The van der Waals surface area contributed by atoms with Gasteiger partial charge in [-0.3, -0.25) is 0 Å². The molecule has 2 aromatic heterocycles. The molecule has 0 unspecified atom stereocenters. The van der Waals surface area contributed by atoms with Crippen molar-refractivity contribution in [1.29, 1.82) is 0 Å². The minimum absolute atomic E-state index is 0.660. The predicted octanol–water partition coefficient (Wildman–Crippen LogP) is 4.52. The zero-order valence-electron chi connectivity index (χ0n) is 18.5. The summed E-state index contributed by atoms with van der Waals surface area (Å²) in [6.45, 7) is 2.83. The largest absolute Gasteiger partial charge is 0.245 e. The maximum atomic E-state index is 4.80. The molecule has 0 saturated heterocycles. The van der Waals surface area contributed by atoms with E-state index >= 15 is 0 Å².